The van der Waals surface area contributed by atoms with Crippen molar-refractivity contribution in [3.05, 3.63) is 69.4 Å². The number of hydrogen-bond acceptors (Lipinski definition) is 4. The van der Waals surface area contributed by atoms with Crippen LogP contribution >= 0.6 is 34.3 Å². The van der Waals surface area contributed by atoms with Crippen molar-refractivity contribution in [2.45, 2.75) is 12.8 Å². The minimum absolute atomic E-state index is 0.0763. The van der Waals surface area contributed by atoms with Crippen LogP contribution in [0.25, 0.3) is 26.4 Å². The Morgan fingerprint density at radius 1 is 1.30 bits per heavy atom. The first-order valence-corrected chi connectivity index (χ1v) is 11.6. The Hall–Kier alpha value is -2.48. The standard InChI is InChI=1S/C22H17ClFN3OS2/c23-20-4-3-19(30-20)22-26-15(12-29-22)10-21(28)27-7-5-13(6-8-27)17-11-25-18-9-14(24)1-2-16(17)18/h1-5,9,11-12,25H,6-8,10H2. The Labute approximate surface area is 185 Å². The molecule has 0 saturated heterocycles. The van der Waals surface area contributed by atoms with Crippen molar-refractivity contribution in [2.75, 3.05) is 13.1 Å². The van der Waals surface area contributed by atoms with Gasteiger partial charge in [0.25, 0.3) is 0 Å². The van der Waals surface area contributed by atoms with Crippen LogP contribution in [-0.4, -0.2) is 33.9 Å². The minimum atomic E-state index is -0.252. The molecule has 0 bridgehead atoms. The van der Waals surface area contributed by atoms with Crippen LogP contribution in [0.5, 0.6) is 0 Å². The number of thiazole rings is 1. The van der Waals surface area contributed by atoms with Crippen LogP contribution in [0.4, 0.5) is 4.39 Å². The molecule has 152 valence electrons. The number of carbonyl (C=O) groups is 1. The number of aromatic amines is 1. The van der Waals surface area contributed by atoms with E-state index in [0.717, 1.165) is 42.8 Å². The van der Waals surface area contributed by atoms with Crippen molar-refractivity contribution in [3.63, 3.8) is 0 Å². The summed E-state index contributed by atoms with van der Waals surface area (Å²) in [7, 11) is 0. The zero-order valence-electron chi connectivity index (χ0n) is 15.8. The Morgan fingerprint density at radius 3 is 2.97 bits per heavy atom. The Kier molecular flexibility index (Phi) is 5.18. The van der Waals surface area contributed by atoms with Crippen LogP contribution in [0.3, 0.4) is 0 Å². The van der Waals surface area contributed by atoms with E-state index in [9.17, 15) is 9.18 Å². The lowest BCUT2D eigenvalue weighted by Gasteiger charge is -2.26. The van der Waals surface area contributed by atoms with Crippen molar-refractivity contribution in [1.82, 2.24) is 14.9 Å². The fourth-order valence-corrected chi connectivity index (χ4v) is 5.64. The molecule has 4 aromatic rings. The highest BCUT2D eigenvalue weighted by Crippen LogP contribution is 2.33. The third kappa shape index (κ3) is 3.80. The van der Waals surface area contributed by atoms with E-state index in [2.05, 4.69) is 16.0 Å². The van der Waals surface area contributed by atoms with E-state index in [4.69, 9.17) is 11.6 Å². The van der Waals surface area contributed by atoms with Gasteiger partial charge in [0.1, 0.15) is 10.8 Å². The second-order valence-corrected chi connectivity index (χ2v) is 9.71. The minimum Gasteiger partial charge on any atom is -0.360 e. The van der Waals surface area contributed by atoms with Crippen LogP contribution in [0.15, 0.2) is 48.0 Å². The van der Waals surface area contributed by atoms with Gasteiger partial charge in [0.15, 0.2) is 0 Å². The number of hydrogen-bond donors (Lipinski definition) is 1. The molecular formula is C22H17ClFN3OS2. The van der Waals surface area contributed by atoms with Crippen molar-refractivity contribution >= 4 is 56.7 Å². The lowest BCUT2D eigenvalue weighted by atomic mass is 9.98. The van der Waals surface area contributed by atoms with Crippen molar-refractivity contribution in [3.8, 4) is 9.88 Å². The SMILES string of the molecule is O=C(Cc1csc(-c2ccc(Cl)s2)n1)N1CC=C(c2c[nH]c3cc(F)ccc23)CC1. The molecule has 0 atom stereocenters. The molecule has 4 nitrogen and oxygen atoms in total. The second-order valence-electron chi connectivity index (χ2n) is 7.14. The summed E-state index contributed by atoms with van der Waals surface area (Å²) < 4.78 is 14.1. The summed E-state index contributed by atoms with van der Waals surface area (Å²) in [6.45, 7) is 1.23. The summed E-state index contributed by atoms with van der Waals surface area (Å²) in [4.78, 5) is 23.4. The van der Waals surface area contributed by atoms with Crippen molar-refractivity contribution < 1.29 is 9.18 Å². The molecule has 0 saturated carbocycles. The number of fused-ring (bicyclic) bond motifs is 1. The van der Waals surface area contributed by atoms with Gasteiger partial charge >= 0.3 is 0 Å². The Morgan fingerprint density at radius 2 is 2.20 bits per heavy atom. The lowest BCUT2D eigenvalue weighted by molar-refractivity contribution is -0.130. The quantitative estimate of drug-likeness (QED) is 0.408. The van der Waals surface area contributed by atoms with E-state index in [1.165, 1.54) is 40.4 Å². The highest BCUT2D eigenvalue weighted by molar-refractivity contribution is 7.23. The normalized spacial score (nSPS) is 14.3. The zero-order valence-corrected chi connectivity index (χ0v) is 18.2. The highest BCUT2D eigenvalue weighted by Gasteiger charge is 2.21. The smallest absolute Gasteiger partial charge is 0.228 e. The molecule has 30 heavy (non-hydrogen) atoms. The van der Waals surface area contributed by atoms with Gasteiger partial charge in [-0.15, -0.1) is 22.7 Å². The molecule has 0 aliphatic carbocycles. The van der Waals surface area contributed by atoms with Gasteiger partial charge in [0, 0.05) is 41.1 Å². The predicted molar refractivity (Wildman–Crippen MR) is 122 cm³/mol. The molecule has 0 spiro atoms. The topological polar surface area (TPSA) is 49.0 Å². The highest BCUT2D eigenvalue weighted by atomic mass is 35.5. The fourth-order valence-electron chi connectivity index (χ4n) is 3.70. The molecule has 5 rings (SSSR count). The van der Waals surface area contributed by atoms with Crippen LogP contribution in [0.2, 0.25) is 4.34 Å². The number of benzene rings is 1. The van der Waals surface area contributed by atoms with E-state index < -0.39 is 0 Å². The molecule has 1 N–H and O–H groups in total. The van der Waals surface area contributed by atoms with Gasteiger partial charge in [0.05, 0.1) is 21.3 Å². The molecule has 0 unspecified atom stereocenters. The maximum atomic E-state index is 13.4. The molecule has 3 aromatic heterocycles. The molecule has 8 heteroatoms. The van der Waals surface area contributed by atoms with Gasteiger partial charge in [0.2, 0.25) is 5.91 Å². The number of rotatable bonds is 4. The van der Waals surface area contributed by atoms with E-state index in [1.54, 1.807) is 6.07 Å². The molecular weight excluding hydrogens is 441 g/mol. The number of thiophene rings is 1. The fraction of sp³-hybridized carbons (Fsp3) is 0.182. The third-order valence-electron chi connectivity index (χ3n) is 5.22. The average molecular weight is 458 g/mol. The molecule has 0 radical (unpaired) electrons. The second kappa shape index (κ2) is 7.98. The van der Waals surface area contributed by atoms with E-state index in [-0.39, 0.29) is 11.7 Å². The predicted octanol–water partition coefficient (Wildman–Crippen LogP) is 6.00. The number of nitrogens with zero attached hydrogens (tertiary/aromatic N) is 2. The Bertz CT molecular complexity index is 1270. The number of aromatic nitrogens is 2. The van der Waals surface area contributed by atoms with Crippen LogP contribution in [-0.2, 0) is 11.2 Å². The first-order valence-electron chi connectivity index (χ1n) is 9.51. The zero-order chi connectivity index (χ0) is 20.7. The Balaban J connectivity index is 1.26. The number of H-pyrrole nitrogens is 1. The number of carbonyl (C=O) groups excluding carboxylic acids is 1. The number of halogens is 2. The first-order chi connectivity index (χ1) is 14.6. The average Bonchev–Trinajstić information content (AvgIpc) is 3.47. The van der Waals surface area contributed by atoms with Gasteiger partial charge in [-0.3, -0.25) is 4.79 Å². The summed E-state index contributed by atoms with van der Waals surface area (Å²) in [5, 5.41) is 3.84. The summed E-state index contributed by atoms with van der Waals surface area (Å²) in [6.07, 6.45) is 5.08. The van der Waals surface area contributed by atoms with Gasteiger partial charge in [-0.25, -0.2) is 9.37 Å². The summed E-state index contributed by atoms with van der Waals surface area (Å²) in [6, 6.07) is 8.59. The largest absolute Gasteiger partial charge is 0.360 e. The summed E-state index contributed by atoms with van der Waals surface area (Å²) in [5.41, 5.74) is 3.84. The van der Waals surface area contributed by atoms with Crippen LogP contribution in [0.1, 0.15) is 17.7 Å². The van der Waals surface area contributed by atoms with Crippen molar-refractivity contribution in [2.24, 2.45) is 0 Å². The monoisotopic (exact) mass is 457 g/mol. The van der Waals surface area contributed by atoms with E-state index in [0.29, 0.717) is 19.5 Å². The van der Waals surface area contributed by atoms with Crippen LogP contribution < -0.4 is 0 Å². The molecule has 1 amide bonds. The van der Waals surface area contributed by atoms with Crippen LogP contribution in [0, 0.1) is 5.82 Å². The van der Waals surface area contributed by atoms with E-state index >= 15 is 0 Å². The number of nitrogens with one attached hydrogen (secondary N) is 1. The van der Waals surface area contributed by atoms with Crippen molar-refractivity contribution in [1.29, 1.82) is 0 Å². The van der Waals surface area contributed by atoms with Gasteiger partial charge in [-0.05, 0) is 42.3 Å². The van der Waals surface area contributed by atoms with Gasteiger partial charge < -0.3 is 9.88 Å². The molecule has 1 aliphatic rings. The molecule has 1 aromatic carbocycles. The first kappa shape index (κ1) is 19.5. The maximum Gasteiger partial charge on any atom is 0.228 e. The summed E-state index contributed by atoms with van der Waals surface area (Å²) in [5.74, 6) is -0.176. The molecule has 4 heterocycles. The van der Waals surface area contributed by atoms with Gasteiger partial charge in [-0.1, -0.05) is 17.7 Å². The maximum absolute atomic E-state index is 13.4. The molecule has 0 fully saturated rings. The lowest BCUT2D eigenvalue weighted by Crippen LogP contribution is -2.35. The van der Waals surface area contributed by atoms with Gasteiger partial charge in [-0.2, -0.15) is 0 Å². The third-order valence-corrected chi connectivity index (χ3v) is 7.51. The summed E-state index contributed by atoms with van der Waals surface area (Å²) >= 11 is 9.02. The molecule has 1 aliphatic heterocycles. The number of amides is 1. The van der Waals surface area contributed by atoms with E-state index in [1.807, 2.05) is 28.6 Å².